The van der Waals surface area contributed by atoms with Crippen LogP contribution in [0.1, 0.15) is 26.0 Å². The molecule has 0 bridgehead atoms. The van der Waals surface area contributed by atoms with Gasteiger partial charge in [-0.15, -0.1) is 11.6 Å². The Morgan fingerprint density at radius 3 is 2.78 bits per heavy atom. The van der Waals surface area contributed by atoms with Crippen molar-refractivity contribution in [3.8, 4) is 0 Å². The summed E-state index contributed by atoms with van der Waals surface area (Å²) in [6.45, 7) is 4.01. The van der Waals surface area contributed by atoms with E-state index in [0.29, 0.717) is 28.9 Å². The average Bonchev–Trinajstić information content (AvgIpc) is 2.63. The third kappa shape index (κ3) is 3.62. The molecule has 1 atom stereocenters. The van der Waals surface area contributed by atoms with E-state index in [2.05, 4.69) is 5.10 Å². The predicted octanol–water partition coefficient (Wildman–Crippen LogP) is 3.25. The molecule has 1 aromatic rings. The van der Waals surface area contributed by atoms with Crippen molar-refractivity contribution in [1.82, 2.24) is 9.78 Å². The van der Waals surface area contributed by atoms with Gasteiger partial charge >= 0.3 is 5.69 Å². The van der Waals surface area contributed by atoms with Gasteiger partial charge in [-0.05, 0) is 12.3 Å². The first-order chi connectivity index (χ1) is 8.51. The molecule has 1 aromatic heterocycles. The van der Waals surface area contributed by atoms with Crippen LogP contribution in [-0.4, -0.2) is 26.3 Å². The van der Waals surface area contributed by atoms with Gasteiger partial charge in [-0.2, -0.15) is 5.10 Å². The summed E-state index contributed by atoms with van der Waals surface area (Å²) < 4.78 is 1.61. The van der Waals surface area contributed by atoms with E-state index in [-0.39, 0.29) is 10.6 Å². The summed E-state index contributed by atoms with van der Waals surface area (Å²) in [5.74, 6) is 1.64. The fraction of sp³-hybridized carbons (Fsp3) is 0.727. The van der Waals surface area contributed by atoms with Crippen molar-refractivity contribution in [3.63, 3.8) is 0 Å². The molecule has 0 aliphatic rings. The van der Waals surface area contributed by atoms with Crippen LogP contribution in [0.2, 0.25) is 0 Å². The van der Waals surface area contributed by atoms with E-state index >= 15 is 0 Å². The Balaban J connectivity index is 2.98. The average molecular weight is 292 g/mol. The summed E-state index contributed by atoms with van der Waals surface area (Å²) in [5, 5.41) is 16.0. The molecular weight excluding hydrogens is 274 g/mol. The zero-order valence-corrected chi connectivity index (χ0v) is 12.4. The fourth-order valence-electron chi connectivity index (χ4n) is 1.57. The summed E-state index contributed by atoms with van der Waals surface area (Å²) in [6, 6.07) is 0. The highest BCUT2D eigenvalue weighted by Gasteiger charge is 2.26. The van der Waals surface area contributed by atoms with Crippen molar-refractivity contribution in [1.29, 1.82) is 0 Å². The largest absolute Gasteiger partial charge is 0.323 e. The molecule has 102 valence electrons. The van der Waals surface area contributed by atoms with Crippen LogP contribution in [0, 0.1) is 16.0 Å². The lowest BCUT2D eigenvalue weighted by Crippen LogP contribution is -2.02. The SMILES string of the molecule is CCCc1nn(C)c(SCC(C)CCl)c1[N+](=O)[O-]. The molecule has 0 fully saturated rings. The maximum atomic E-state index is 11.2. The Bertz CT molecular complexity index is 423. The summed E-state index contributed by atoms with van der Waals surface area (Å²) in [7, 11) is 1.75. The topological polar surface area (TPSA) is 61.0 Å². The van der Waals surface area contributed by atoms with E-state index in [9.17, 15) is 10.1 Å². The molecule has 18 heavy (non-hydrogen) atoms. The smallest absolute Gasteiger partial charge is 0.258 e. The molecule has 1 unspecified atom stereocenters. The van der Waals surface area contributed by atoms with Crippen LogP contribution in [0.15, 0.2) is 5.03 Å². The highest BCUT2D eigenvalue weighted by molar-refractivity contribution is 7.99. The Labute approximate surface area is 116 Å². The van der Waals surface area contributed by atoms with Crippen LogP contribution >= 0.6 is 23.4 Å². The Morgan fingerprint density at radius 1 is 1.61 bits per heavy atom. The molecule has 0 amide bonds. The number of alkyl halides is 1. The number of nitro groups is 1. The Morgan fingerprint density at radius 2 is 2.28 bits per heavy atom. The maximum absolute atomic E-state index is 11.2. The standard InChI is InChI=1S/C11H18ClN3O2S/c1-4-5-9-10(15(16)17)11(14(3)13-9)18-7-8(2)6-12/h8H,4-7H2,1-3H3. The van der Waals surface area contributed by atoms with Crippen LogP contribution < -0.4 is 0 Å². The molecule has 0 N–H and O–H groups in total. The summed E-state index contributed by atoms with van der Waals surface area (Å²) in [5.41, 5.74) is 0.733. The summed E-state index contributed by atoms with van der Waals surface area (Å²) in [6.07, 6.45) is 1.48. The predicted molar refractivity (Wildman–Crippen MR) is 74.5 cm³/mol. The Hall–Kier alpha value is -0.750. The second-order valence-corrected chi connectivity index (χ2v) is 5.62. The van der Waals surface area contributed by atoms with Gasteiger partial charge in [-0.3, -0.25) is 14.8 Å². The van der Waals surface area contributed by atoms with Crippen LogP contribution in [0.3, 0.4) is 0 Å². The van der Waals surface area contributed by atoms with E-state index in [1.807, 2.05) is 13.8 Å². The molecule has 1 rings (SSSR count). The first-order valence-corrected chi connectivity index (χ1v) is 7.42. The number of halogens is 1. The van der Waals surface area contributed by atoms with E-state index < -0.39 is 0 Å². The molecule has 0 spiro atoms. The molecule has 1 heterocycles. The molecule has 7 heteroatoms. The van der Waals surface area contributed by atoms with Crippen LogP contribution in [0.4, 0.5) is 5.69 Å². The number of aromatic nitrogens is 2. The highest BCUT2D eigenvalue weighted by Crippen LogP contribution is 2.33. The van der Waals surface area contributed by atoms with Crippen LogP contribution in [0.25, 0.3) is 0 Å². The normalized spacial score (nSPS) is 12.7. The van der Waals surface area contributed by atoms with Crippen molar-refractivity contribution in [2.45, 2.75) is 31.7 Å². The first-order valence-electron chi connectivity index (χ1n) is 5.90. The monoisotopic (exact) mass is 291 g/mol. The number of thioether (sulfide) groups is 1. The lowest BCUT2D eigenvalue weighted by molar-refractivity contribution is -0.388. The molecular formula is C11H18ClN3O2S. The van der Waals surface area contributed by atoms with Gasteiger partial charge in [0, 0.05) is 18.7 Å². The third-order valence-corrected chi connectivity index (χ3v) is 4.47. The first kappa shape index (κ1) is 15.3. The second-order valence-electron chi connectivity index (χ2n) is 4.30. The second kappa shape index (κ2) is 6.99. The number of aryl methyl sites for hydroxylation is 2. The van der Waals surface area contributed by atoms with Crippen LogP contribution in [-0.2, 0) is 13.5 Å². The van der Waals surface area contributed by atoms with Gasteiger partial charge in [-0.1, -0.05) is 32.0 Å². The van der Waals surface area contributed by atoms with Crippen molar-refractivity contribution in [2.75, 3.05) is 11.6 Å². The van der Waals surface area contributed by atoms with Crippen LogP contribution in [0.5, 0.6) is 0 Å². The summed E-state index contributed by atoms with van der Waals surface area (Å²) >= 11 is 7.20. The number of hydrogen-bond donors (Lipinski definition) is 0. The zero-order valence-electron chi connectivity index (χ0n) is 10.9. The number of rotatable bonds is 7. The van der Waals surface area contributed by atoms with E-state index in [4.69, 9.17) is 11.6 Å². The minimum Gasteiger partial charge on any atom is -0.258 e. The van der Waals surface area contributed by atoms with Gasteiger partial charge in [-0.25, -0.2) is 0 Å². The molecule has 0 saturated carbocycles. The highest BCUT2D eigenvalue weighted by atomic mass is 35.5. The van der Waals surface area contributed by atoms with Crippen molar-refractivity contribution >= 4 is 29.1 Å². The quantitative estimate of drug-likeness (QED) is 0.335. The van der Waals surface area contributed by atoms with Crippen molar-refractivity contribution < 1.29 is 4.92 Å². The van der Waals surface area contributed by atoms with Gasteiger partial charge in [0.2, 0.25) is 0 Å². The van der Waals surface area contributed by atoms with Gasteiger partial charge < -0.3 is 0 Å². The minimum absolute atomic E-state index is 0.158. The van der Waals surface area contributed by atoms with E-state index in [1.54, 1.807) is 11.7 Å². The van der Waals surface area contributed by atoms with Gasteiger partial charge in [0.05, 0.1) is 4.92 Å². The maximum Gasteiger partial charge on any atom is 0.323 e. The number of nitrogens with zero attached hydrogens (tertiary/aromatic N) is 3. The molecule has 0 aliphatic carbocycles. The lowest BCUT2D eigenvalue weighted by atomic mass is 10.2. The van der Waals surface area contributed by atoms with Crippen molar-refractivity contribution in [3.05, 3.63) is 15.8 Å². The van der Waals surface area contributed by atoms with E-state index in [1.165, 1.54) is 11.8 Å². The zero-order chi connectivity index (χ0) is 13.7. The van der Waals surface area contributed by atoms with Gasteiger partial charge in [0.25, 0.3) is 0 Å². The van der Waals surface area contributed by atoms with Gasteiger partial charge in [0.1, 0.15) is 5.69 Å². The van der Waals surface area contributed by atoms with Crippen molar-refractivity contribution in [2.24, 2.45) is 13.0 Å². The van der Waals surface area contributed by atoms with E-state index in [0.717, 1.165) is 12.2 Å². The molecule has 0 aliphatic heterocycles. The Kier molecular flexibility index (Phi) is 5.95. The van der Waals surface area contributed by atoms with Gasteiger partial charge in [0.15, 0.2) is 5.03 Å². The molecule has 0 saturated heterocycles. The summed E-state index contributed by atoms with van der Waals surface area (Å²) in [4.78, 5) is 10.8. The third-order valence-electron chi connectivity index (χ3n) is 2.48. The molecule has 5 nitrogen and oxygen atoms in total. The minimum atomic E-state index is -0.328. The molecule has 0 radical (unpaired) electrons. The fourth-order valence-corrected chi connectivity index (χ4v) is 2.92. The molecule has 0 aromatic carbocycles. The number of hydrogen-bond acceptors (Lipinski definition) is 4. The lowest BCUT2D eigenvalue weighted by Gasteiger charge is -2.06.